The average molecular weight is 955 g/mol. The van der Waals surface area contributed by atoms with Crippen LogP contribution in [-0.4, -0.2) is 119 Å². The van der Waals surface area contributed by atoms with Gasteiger partial charge in [-0.2, -0.15) is 0 Å². The molecular weight excluding hydrogens is 893 g/mol. The molecule has 0 aromatic heterocycles. The third-order valence-electron chi connectivity index (χ3n) is 13.8. The van der Waals surface area contributed by atoms with Crippen LogP contribution < -0.4 is 20.4 Å². The van der Waals surface area contributed by atoms with E-state index >= 15 is 0 Å². The van der Waals surface area contributed by atoms with Crippen molar-refractivity contribution < 1.29 is 62.6 Å². The van der Waals surface area contributed by atoms with Crippen LogP contribution in [0.15, 0.2) is 57.5 Å². The summed E-state index contributed by atoms with van der Waals surface area (Å²) in [6.45, 7) is 18.2. The summed E-state index contributed by atoms with van der Waals surface area (Å²) in [5, 5.41) is 37.3. The lowest BCUT2D eigenvalue weighted by Crippen LogP contribution is -2.49. The SMILES string of the molecule is CCOC(=O)N1CCN(c2cc(C)c3nc4c5c6c7c(C)c(O)c5c(=O)c(c-4oc3c2)NC(=O)/C(C)=C\C=C\[C@H](C)[C@H](O)[C@@H](C)[C@@H](O)[C@@H](C)[C@H](OC(C)=O)[C@H](C)[C@@H](OC)/C=C/O[C@@](C)(O7)C6=O)CC1. The fourth-order valence-electron chi connectivity index (χ4n) is 9.60. The van der Waals surface area contributed by atoms with Crippen molar-refractivity contribution in [3.63, 3.8) is 0 Å². The van der Waals surface area contributed by atoms with Crippen molar-refractivity contribution in [2.45, 2.75) is 99.4 Å². The van der Waals surface area contributed by atoms with E-state index in [0.29, 0.717) is 37.3 Å². The number of anilines is 2. The highest BCUT2D eigenvalue weighted by Crippen LogP contribution is 2.51. The van der Waals surface area contributed by atoms with E-state index in [-0.39, 0.29) is 68.6 Å². The summed E-state index contributed by atoms with van der Waals surface area (Å²) in [7, 11) is 1.44. The number of allylic oxidation sites excluding steroid dienone is 2. The summed E-state index contributed by atoms with van der Waals surface area (Å²) in [6.07, 6.45) is 3.14. The van der Waals surface area contributed by atoms with Crippen molar-refractivity contribution in [1.82, 2.24) is 9.88 Å². The lowest BCUT2D eigenvalue weighted by molar-refractivity contribution is -0.160. The van der Waals surface area contributed by atoms with E-state index in [0.717, 1.165) is 5.69 Å². The number of Topliss-reactive ketones (excluding diaryl/α,β-unsaturated/α-hetero) is 1. The first-order chi connectivity index (χ1) is 32.6. The van der Waals surface area contributed by atoms with Crippen LogP contribution in [0.4, 0.5) is 16.2 Å². The molecule has 8 rings (SSSR count). The van der Waals surface area contributed by atoms with Gasteiger partial charge in [-0.05, 0) is 45.4 Å². The lowest BCUT2D eigenvalue weighted by atomic mass is 9.78. The maximum atomic E-state index is 14.9. The molecule has 5 bridgehead atoms. The predicted molar refractivity (Wildman–Crippen MR) is 256 cm³/mol. The molecule has 4 N–H and O–H groups in total. The molecule has 6 aliphatic rings. The molecule has 18 nitrogen and oxygen atoms in total. The Morgan fingerprint density at radius 2 is 1.65 bits per heavy atom. The topological polar surface area (TPSA) is 237 Å². The van der Waals surface area contributed by atoms with E-state index in [9.17, 15) is 39.3 Å². The number of phenols is 1. The Labute approximate surface area is 399 Å². The van der Waals surface area contributed by atoms with Crippen molar-refractivity contribution in [1.29, 1.82) is 0 Å². The normalized spacial score (nSPS) is 28.8. The molecule has 69 heavy (non-hydrogen) atoms. The van der Waals surface area contributed by atoms with Crippen LogP contribution in [0.2, 0.25) is 0 Å². The minimum atomic E-state index is -2.06. The molecule has 5 heterocycles. The van der Waals surface area contributed by atoms with E-state index < -0.39 is 82.7 Å². The lowest BCUT2D eigenvalue weighted by Gasteiger charge is -2.38. The number of amides is 2. The van der Waals surface area contributed by atoms with Crippen LogP contribution in [0.1, 0.15) is 76.9 Å². The fourth-order valence-corrected chi connectivity index (χ4v) is 9.60. The minimum Gasteiger partial charge on any atom is -0.507 e. The fraction of sp³-hybridized carbons (Fsp3) is 0.490. The highest BCUT2D eigenvalue weighted by Gasteiger charge is 2.50. The number of carbonyl (C=O) groups is 4. The van der Waals surface area contributed by atoms with E-state index in [1.807, 2.05) is 13.0 Å². The highest BCUT2D eigenvalue weighted by molar-refractivity contribution is 6.22. The third kappa shape index (κ3) is 9.36. The molecule has 2 aromatic rings. The minimum absolute atomic E-state index is 0.0244. The van der Waals surface area contributed by atoms with Crippen molar-refractivity contribution in [2.24, 2.45) is 23.7 Å². The summed E-state index contributed by atoms with van der Waals surface area (Å²) in [4.78, 5) is 77.5. The van der Waals surface area contributed by atoms with Crippen LogP contribution in [-0.2, 0) is 28.5 Å². The molecule has 1 fully saturated rings. The Morgan fingerprint density at radius 1 is 0.957 bits per heavy atom. The number of aryl methyl sites for hydroxylation is 1. The number of ketones is 1. The predicted octanol–water partition coefficient (Wildman–Crippen LogP) is 6.54. The Balaban J connectivity index is 1.42. The van der Waals surface area contributed by atoms with E-state index in [1.165, 1.54) is 53.2 Å². The number of hydrogen-bond acceptors (Lipinski definition) is 16. The van der Waals surface area contributed by atoms with Gasteiger partial charge in [0.25, 0.3) is 11.7 Å². The van der Waals surface area contributed by atoms with E-state index in [4.69, 9.17) is 33.1 Å². The number of aromatic nitrogens is 1. The number of benzene rings is 3. The number of piperazine rings is 1. The van der Waals surface area contributed by atoms with Crippen LogP contribution in [0, 0.1) is 37.5 Å². The Hall–Kier alpha value is -6.50. The number of nitrogens with zero attached hydrogens (tertiary/aromatic N) is 3. The molecular formula is C51H62N4O14. The van der Waals surface area contributed by atoms with Gasteiger partial charge in [-0.1, -0.05) is 45.9 Å². The number of ether oxygens (including phenoxy) is 5. The number of phenolic OH excluding ortho intramolecular Hbond substituents is 1. The second-order valence-electron chi connectivity index (χ2n) is 18.5. The quantitative estimate of drug-likeness (QED) is 0.0966. The zero-order valence-corrected chi connectivity index (χ0v) is 40.9. The zero-order chi connectivity index (χ0) is 50.4. The molecule has 2 aromatic carbocycles. The number of methoxy groups -OCH3 is 1. The molecule has 2 amide bonds. The number of esters is 1. The molecule has 0 radical (unpaired) electrons. The van der Waals surface area contributed by atoms with Gasteiger partial charge in [0.15, 0.2) is 11.3 Å². The summed E-state index contributed by atoms with van der Waals surface area (Å²) in [5.41, 5.74) is 0.893. The van der Waals surface area contributed by atoms with Crippen LogP contribution in [0.25, 0.3) is 33.3 Å². The molecule has 0 saturated carbocycles. The molecule has 5 aliphatic heterocycles. The average Bonchev–Trinajstić information content (AvgIpc) is 3.59. The maximum absolute atomic E-state index is 14.9. The Kier molecular flexibility index (Phi) is 14.5. The first-order valence-corrected chi connectivity index (χ1v) is 23.2. The number of rotatable bonds is 4. The van der Waals surface area contributed by atoms with Gasteiger partial charge >= 0.3 is 17.8 Å². The van der Waals surface area contributed by atoms with Gasteiger partial charge in [0.1, 0.15) is 34.5 Å². The van der Waals surface area contributed by atoms with Crippen LogP contribution >= 0.6 is 0 Å². The third-order valence-corrected chi connectivity index (χ3v) is 13.8. The second-order valence-corrected chi connectivity index (χ2v) is 18.5. The largest absolute Gasteiger partial charge is 0.507 e. The van der Waals surface area contributed by atoms with Crippen molar-refractivity contribution in [2.75, 3.05) is 50.1 Å². The van der Waals surface area contributed by atoms with E-state index in [2.05, 4.69) is 10.2 Å². The van der Waals surface area contributed by atoms with Gasteiger partial charge < -0.3 is 58.5 Å². The highest BCUT2D eigenvalue weighted by atomic mass is 16.7. The van der Waals surface area contributed by atoms with Gasteiger partial charge in [0.05, 0.1) is 42.1 Å². The molecule has 0 spiro atoms. The molecule has 1 aliphatic carbocycles. The smallest absolute Gasteiger partial charge is 0.409 e. The second kappa shape index (κ2) is 19.8. The van der Waals surface area contributed by atoms with Crippen molar-refractivity contribution >= 4 is 57.0 Å². The maximum Gasteiger partial charge on any atom is 0.409 e. The Morgan fingerprint density at radius 3 is 2.30 bits per heavy atom. The van der Waals surface area contributed by atoms with E-state index in [1.54, 1.807) is 57.7 Å². The first-order valence-electron chi connectivity index (χ1n) is 23.2. The van der Waals surface area contributed by atoms with Gasteiger partial charge in [-0.15, -0.1) is 0 Å². The number of nitrogens with one attached hydrogen (secondary N) is 1. The number of fused-ring (bicyclic) bond motifs is 14. The summed E-state index contributed by atoms with van der Waals surface area (Å²) < 4.78 is 35.8. The Bertz CT molecular complexity index is 2810. The number of carbonyl (C=O) groups excluding carboxylic acids is 4. The summed E-state index contributed by atoms with van der Waals surface area (Å²) in [6, 6.07) is 3.67. The van der Waals surface area contributed by atoms with Crippen molar-refractivity contribution in [3.8, 4) is 23.0 Å². The molecule has 1 saturated heterocycles. The zero-order valence-electron chi connectivity index (χ0n) is 40.9. The standard InChI is InChI=1S/C51H62N4O14/c1-12-65-50(63)55-19-17-54(18-20-55)32-22-26(4)38-34(23-32)68-47-39(52-38)35-36-43(59)30(8)46-37(35)48(61)51(10,69-46)66-21-16-33(64-11)27(5)45(67-31(9)56)29(7)42(58)28(6)41(57)24(2)14-13-15-25(3)49(62)53-40(47)44(36)60/h13-16,21-24,27-29,33,41-42,45,57-59H,12,17-20H2,1-11H3,(H,53,62)/b14-13+,21-16+,25-15-/t24-,27+,28+,29+,33-,41-,42+,45+,51-/m0/s1. The number of aliphatic hydroxyl groups excluding tert-OH is 2. The number of aromatic hydroxyl groups is 1. The molecule has 18 heteroatoms. The van der Waals surface area contributed by atoms with Gasteiger partial charge in [0, 0.05) is 99.1 Å². The summed E-state index contributed by atoms with van der Waals surface area (Å²) >= 11 is 0. The number of hydrogen-bond donors (Lipinski definition) is 4. The monoisotopic (exact) mass is 954 g/mol. The summed E-state index contributed by atoms with van der Waals surface area (Å²) in [5.74, 6) is -7.39. The van der Waals surface area contributed by atoms with Crippen LogP contribution in [0.3, 0.4) is 0 Å². The van der Waals surface area contributed by atoms with Gasteiger partial charge in [0.2, 0.25) is 5.43 Å². The van der Waals surface area contributed by atoms with Crippen molar-refractivity contribution in [3.05, 3.63) is 75.2 Å². The molecule has 370 valence electrons. The first kappa shape index (κ1) is 50.4. The van der Waals surface area contributed by atoms with Crippen LogP contribution in [0.5, 0.6) is 11.5 Å². The molecule has 0 unspecified atom stereocenters. The van der Waals surface area contributed by atoms with Gasteiger partial charge in [-0.25, -0.2) is 9.78 Å². The number of aliphatic hydroxyl groups is 2. The van der Waals surface area contributed by atoms with Gasteiger partial charge in [-0.3, -0.25) is 19.2 Å². The molecule has 9 atom stereocenters.